The first-order chi connectivity index (χ1) is 15.4. The SMILES string of the molecule is CCCOc1ccc(/C(O)=C2/C(=O)C(=O)N(CCCOC)C2c2ccc(Cl)cc2)cc1C. The molecule has 32 heavy (non-hydrogen) atoms. The van der Waals surface area contributed by atoms with Crippen LogP contribution in [0.1, 0.15) is 42.5 Å². The quantitative estimate of drug-likeness (QED) is 0.251. The first-order valence-corrected chi connectivity index (χ1v) is 11.0. The molecule has 3 rings (SSSR count). The summed E-state index contributed by atoms with van der Waals surface area (Å²) in [6, 6.07) is 11.5. The van der Waals surface area contributed by atoms with Gasteiger partial charge in [-0.25, -0.2) is 0 Å². The molecule has 1 saturated heterocycles. The molecule has 0 spiro atoms. The third-order valence-electron chi connectivity index (χ3n) is 5.38. The first-order valence-electron chi connectivity index (χ1n) is 10.7. The Morgan fingerprint density at radius 3 is 2.47 bits per heavy atom. The van der Waals surface area contributed by atoms with Crippen LogP contribution in [0.2, 0.25) is 5.02 Å². The second-order valence-electron chi connectivity index (χ2n) is 7.72. The number of likely N-dealkylation sites (tertiary alicyclic amines) is 1. The molecule has 1 fully saturated rings. The lowest BCUT2D eigenvalue weighted by Crippen LogP contribution is -2.31. The number of benzene rings is 2. The maximum atomic E-state index is 13.0. The number of nitrogens with zero attached hydrogens (tertiary/aromatic N) is 1. The van der Waals surface area contributed by atoms with Crippen LogP contribution in [0.15, 0.2) is 48.0 Å². The van der Waals surface area contributed by atoms with Crippen molar-refractivity contribution in [3.8, 4) is 5.75 Å². The molecule has 0 radical (unpaired) electrons. The van der Waals surface area contributed by atoms with Crippen LogP contribution in [0.4, 0.5) is 0 Å². The van der Waals surface area contributed by atoms with Crippen LogP contribution in [-0.2, 0) is 14.3 Å². The van der Waals surface area contributed by atoms with Gasteiger partial charge in [0.25, 0.3) is 11.7 Å². The van der Waals surface area contributed by atoms with Crippen LogP contribution >= 0.6 is 11.6 Å². The van der Waals surface area contributed by atoms with E-state index in [4.69, 9.17) is 21.1 Å². The normalized spacial score (nSPS) is 17.8. The number of Topliss-reactive ketones (excluding diaryl/α,β-unsaturated/α-hetero) is 1. The van der Waals surface area contributed by atoms with Gasteiger partial charge >= 0.3 is 0 Å². The molecule has 2 aromatic carbocycles. The lowest BCUT2D eigenvalue weighted by atomic mass is 9.94. The lowest BCUT2D eigenvalue weighted by molar-refractivity contribution is -0.140. The van der Waals surface area contributed by atoms with Crippen LogP contribution in [0.25, 0.3) is 5.76 Å². The molecule has 1 atom stereocenters. The maximum absolute atomic E-state index is 13.0. The third kappa shape index (κ3) is 4.97. The second kappa shape index (κ2) is 10.7. The fourth-order valence-corrected chi connectivity index (χ4v) is 3.93. The molecule has 2 aromatic rings. The molecule has 1 unspecified atom stereocenters. The molecule has 0 aliphatic carbocycles. The Kier molecular flexibility index (Phi) is 7.94. The number of methoxy groups -OCH3 is 1. The van der Waals surface area contributed by atoms with Gasteiger partial charge in [-0.3, -0.25) is 9.59 Å². The molecule has 0 aromatic heterocycles. The van der Waals surface area contributed by atoms with Crippen LogP contribution in [0.5, 0.6) is 5.75 Å². The van der Waals surface area contributed by atoms with Crippen molar-refractivity contribution in [2.45, 2.75) is 32.7 Å². The summed E-state index contributed by atoms with van der Waals surface area (Å²) in [5, 5.41) is 11.7. The van der Waals surface area contributed by atoms with Crippen molar-refractivity contribution < 1.29 is 24.2 Å². The highest BCUT2D eigenvalue weighted by Crippen LogP contribution is 2.40. The van der Waals surface area contributed by atoms with Crippen LogP contribution < -0.4 is 4.74 Å². The largest absolute Gasteiger partial charge is 0.507 e. The number of halogens is 1. The number of carbonyl (C=O) groups excluding carboxylic acids is 2. The zero-order valence-corrected chi connectivity index (χ0v) is 19.3. The van der Waals surface area contributed by atoms with E-state index in [1.165, 1.54) is 4.90 Å². The Labute approximate surface area is 193 Å². The molecule has 7 heteroatoms. The Morgan fingerprint density at radius 1 is 1.12 bits per heavy atom. The van der Waals surface area contributed by atoms with E-state index in [9.17, 15) is 14.7 Å². The Bertz CT molecular complexity index is 1020. The van der Waals surface area contributed by atoms with E-state index in [1.54, 1.807) is 49.6 Å². The summed E-state index contributed by atoms with van der Waals surface area (Å²) in [5.74, 6) is -0.827. The summed E-state index contributed by atoms with van der Waals surface area (Å²) < 4.78 is 10.8. The highest BCUT2D eigenvalue weighted by molar-refractivity contribution is 6.46. The van der Waals surface area contributed by atoms with Gasteiger partial charge in [-0.15, -0.1) is 0 Å². The second-order valence-corrected chi connectivity index (χ2v) is 8.16. The van der Waals surface area contributed by atoms with Crippen molar-refractivity contribution >= 4 is 29.1 Å². The fraction of sp³-hybridized carbons (Fsp3) is 0.360. The van der Waals surface area contributed by atoms with E-state index in [-0.39, 0.29) is 11.3 Å². The van der Waals surface area contributed by atoms with Gasteiger partial charge in [0.2, 0.25) is 0 Å². The van der Waals surface area contributed by atoms with Crippen LogP contribution in [0.3, 0.4) is 0 Å². The van der Waals surface area contributed by atoms with E-state index in [2.05, 4.69) is 0 Å². The standard InChI is InChI=1S/C25H28ClNO5/c1-4-13-32-20-11-8-18(15-16(20)2)23(28)21-22(17-6-9-19(26)10-7-17)27(12-5-14-31-3)25(30)24(21)29/h6-11,15,22,28H,4-5,12-14H2,1-3H3/b23-21-. The van der Waals surface area contributed by atoms with Gasteiger partial charge in [0.15, 0.2) is 0 Å². The van der Waals surface area contributed by atoms with E-state index in [1.807, 2.05) is 13.8 Å². The Morgan fingerprint density at radius 2 is 1.84 bits per heavy atom. The molecular formula is C25H28ClNO5. The number of amides is 1. The molecule has 1 aliphatic heterocycles. The smallest absolute Gasteiger partial charge is 0.295 e. The summed E-state index contributed by atoms with van der Waals surface area (Å²) in [5.41, 5.74) is 2.06. The molecule has 1 N–H and O–H groups in total. The molecule has 6 nitrogen and oxygen atoms in total. The zero-order valence-electron chi connectivity index (χ0n) is 18.6. The lowest BCUT2D eigenvalue weighted by Gasteiger charge is -2.25. The minimum atomic E-state index is -0.708. The predicted octanol–water partition coefficient (Wildman–Crippen LogP) is 4.90. The van der Waals surface area contributed by atoms with Gasteiger partial charge in [0.1, 0.15) is 11.5 Å². The zero-order chi connectivity index (χ0) is 23.3. The number of hydrogen-bond acceptors (Lipinski definition) is 5. The summed E-state index contributed by atoms with van der Waals surface area (Å²) in [6.45, 7) is 5.27. The number of aliphatic hydroxyl groups excluding tert-OH is 1. The minimum Gasteiger partial charge on any atom is -0.507 e. The number of aliphatic hydroxyl groups is 1. The molecule has 1 aliphatic rings. The molecule has 0 saturated carbocycles. The number of ketones is 1. The average Bonchev–Trinajstić information content (AvgIpc) is 3.03. The Balaban J connectivity index is 2.06. The number of rotatable bonds is 9. The summed E-state index contributed by atoms with van der Waals surface area (Å²) in [4.78, 5) is 27.4. The predicted molar refractivity (Wildman–Crippen MR) is 124 cm³/mol. The highest BCUT2D eigenvalue weighted by Gasteiger charge is 2.45. The van der Waals surface area contributed by atoms with Crippen molar-refractivity contribution in [3.63, 3.8) is 0 Å². The number of ether oxygens (including phenoxy) is 2. The van der Waals surface area contributed by atoms with Gasteiger partial charge < -0.3 is 19.5 Å². The van der Waals surface area contributed by atoms with Gasteiger partial charge in [0.05, 0.1) is 18.2 Å². The van der Waals surface area contributed by atoms with Crippen molar-refractivity contribution in [2.75, 3.05) is 26.9 Å². The molecule has 0 bridgehead atoms. The number of carbonyl (C=O) groups is 2. The molecular weight excluding hydrogens is 430 g/mol. The summed E-state index contributed by atoms with van der Waals surface area (Å²) in [7, 11) is 1.58. The fourth-order valence-electron chi connectivity index (χ4n) is 3.81. The summed E-state index contributed by atoms with van der Waals surface area (Å²) in [6.07, 6.45) is 1.45. The van der Waals surface area contributed by atoms with Crippen LogP contribution in [-0.4, -0.2) is 48.6 Å². The monoisotopic (exact) mass is 457 g/mol. The van der Waals surface area contributed by atoms with Crippen LogP contribution in [0, 0.1) is 6.92 Å². The minimum absolute atomic E-state index is 0.0661. The van der Waals surface area contributed by atoms with E-state index in [0.29, 0.717) is 42.3 Å². The maximum Gasteiger partial charge on any atom is 0.295 e. The molecule has 170 valence electrons. The third-order valence-corrected chi connectivity index (χ3v) is 5.64. The summed E-state index contributed by atoms with van der Waals surface area (Å²) >= 11 is 6.04. The van der Waals surface area contributed by atoms with Crippen molar-refractivity contribution in [1.82, 2.24) is 4.90 Å². The van der Waals surface area contributed by atoms with E-state index in [0.717, 1.165) is 17.7 Å². The molecule has 1 heterocycles. The topological polar surface area (TPSA) is 76.1 Å². The van der Waals surface area contributed by atoms with Crippen molar-refractivity contribution in [1.29, 1.82) is 0 Å². The first kappa shape index (κ1) is 23.8. The van der Waals surface area contributed by atoms with Crippen molar-refractivity contribution in [3.05, 3.63) is 69.8 Å². The van der Waals surface area contributed by atoms with Gasteiger partial charge in [0, 0.05) is 30.8 Å². The average molecular weight is 458 g/mol. The van der Waals surface area contributed by atoms with Gasteiger partial charge in [-0.1, -0.05) is 30.7 Å². The molecule has 1 amide bonds. The van der Waals surface area contributed by atoms with E-state index < -0.39 is 17.7 Å². The van der Waals surface area contributed by atoms with Crippen molar-refractivity contribution in [2.24, 2.45) is 0 Å². The highest BCUT2D eigenvalue weighted by atomic mass is 35.5. The number of hydrogen-bond donors (Lipinski definition) is 1. The number of aryl methyl sites for hydroxylation is 1. The van der Waals surface area contributed by atoms with Gasteiger partial charge in [-0.05, 0) is 61.2 Å². The Hall–Kier alpha value is -2.83. The van der Waals surface area contributed by atoms with Gasteiger partial charge in [-0.2, -0.15) is 0 Å². The van der Waals surface area contributed by atoms with E-state index >= 15 is 0 Å².